The molecule has 1 heterocycles. The molecule has 1 nitrogen and oxygen atoms in total. The summed E-state index contributed by atoms with van der Waals surface area (Å²) in [5.41, 5.74) is 1.22. The van der Waals surface area contributed by atoms with Gasteiger partial charge in [-0.05, 0) is 68.2 Å². The van der Waals surface area contributed by atoms with Crippen LogP contribution < -0.4 is 0 Å². The standard InChI is InChI=1S/C16H31NS/c1-3-15(4-2,14-18)13-17-11-9-16(10-12-17)7-5-6-8-16/h18H,3-14H2,1-2H3. The van der Waals surface area contributed by atoms with Gasteiger partial charge in [-0.2, -0.15) is 12.6 Å². The summed E-state index contributed by atoms with van der Waals surface area (Å²) < 4.78 is 0. The van der Waals surface area contributed by atoms with E-state index in [1.54, 1.807) is 0 Å². The van der Waals surface area contributed by atoms with Crippen LogP contribution in [0.5, 0.6) is 0 Å². The highest BCUT2D eigenvalue weighted by molar-refractivity contribution is 7.80. The van der Waals surface area contributed by atoms with Crippen molar-refractivity contribution in [2.45, 2.75) is 65.2 Å². The maximum atomic E-state index is 4.62. The Kier molecular flexibility index (Phi) is 5.05. The van der Waals surface area contributed by atoms with E-state index in [0.29, 0.717) is 5.41 Å². The lowest BCUT2D eigenvalue weighted by Crippen LogP contribution is -2.45. The molecule has 1 aliphatic carbocycles. The number of piperidine rings is 1. The molecule has 1 spiro atoms. The molecule has 2 heteroatoms. The van der Waals surface area contributed by atoms with Crippen molar-refractivity contribution < 1.29 is 0 Å². The van der Waals surface area contributed by atoms with Crippen LogP contribution in [0.25, 0.3) is 0 Å². The van der Waals surface area contributed by atoms with E-state index >= 15 is 0 Å². The largest absolute Gasteiger partial charge is 0.303 e. The first-order valence-corrected chi connectivity index (χ1v) is 8.64. The van der Waals surface area contributed by atoms with Gasteiger partial charge in [0, 0.05) is 6.54 Å². The van der Waals surface area contributed by atoms with Crippen molar-refractivity contribution in [1.82, 2.24) is 4.90 Å². The monoisotopic (exact) mass is 269 g/mol. The van der Waals surface area contributed by atoms with Gasteiger partial charge >= 0.3 is 0 Å². The third-order valence-corrected chi connectivity index (χ3v) is 6.65. The first-order chi connectivity index (χ1) is 8.67. The quantitative estimate of drug-likeness (QED) is 0.725. The van der Waals surface area contributed by atoms with Crippen LogP contribution in [-0.2, 0) is 0 Å². The molecular formula is C16H31NS. The Morgan fingerprint density at radius 3 is 2.00 bits per heavy atom. The summed E-state index contributed by atoms with van der Waals surface area (Å²) in [5, 5.41) is 0. The fourth-order valence-corrected chi connectivity index (χ4v) is 4.58. The van der Waals surface area contributed by atoms with Crippen LogP contribution in [0.3, 0.4) is 0 Å². The number of rotatable bonds is 5. The van der Waals surface area contributed by atoms with Gasteiger partial charge in [-0.25, -0.2) is 0 Å². The minimum atomic E-state index is 0.462. The van der Waals surface area contributed by atoms with Gasteiger partial charge in [0.25, 0.3) is 0 Å². The number of likely N-dealkylation sites (tertiary alicyclic amines) is 1. The van der Waals surface area contributed by atoms with E-state index in [1.165, 1.54) is 71.0 Å². The maximum Gasteiger partial charge on any atom is 0.00456 e. The molecule has 18 heavy (non-hydrogen) atoms. The lowest BCUT2D eigenvalue weighted by Gasteiger charge is -2.43. The van der Waals surface area contributed by atoms with Crippen molar-refractivity contribution in [2.75, 3.05) is 25.4 Å². The second-order valence-electron chi connectivity index (χ2n) is 6.85. The van der Waals surface area contributed by atoms with Crippen LogP contribution >= 0.6 is 12.6 Å². The molecule has 0 unspecified atom stereocenters. The second kappa shape index (κ2) is 6.17. The lowest BCUT2D eigenvalue weighted by atomic mass is 9.76. The van der Waals surface area contributed by atoms with E-state index in [4.69, 9.17) is 0 Å². The maximum absolute atomic E-state index is 4.62. The van der Waals surface area contributed by atoms with Crippen LogP contribution in [0.4, 0.5) is 0 Å². The van der Waals surface area contributed by atoms with Gasteiger partial charge in [0.1, 0.15) is 0 Å². The van der Waals surface area contributed by atoms with Crippen molar-refractivity contribution in [3.8, 4) is 0 Å². The summed E-state index contributed by atoms with van der Waals surface area (Å²) >= 11 is 4.62. The zero-order valence-corrected chi connectivity index (χ0v) is 13.3. The van der Waals surface area contributed by atoms with Crippen molar-refractivity contribution >= 4 is 12.6 Å². The number of hydrogen-bond donors (Lipinski definition) is 1. The second-order valence-corrected chi connectivity index (χ2v) is 7.16. The van der Waals surface area contributed by atoms with Gasteiger partial charge in [-0.3, -0.25) is 0 Å². The van der Waals surface area contributed by atoms with Crippen LogP contribution in [-0.4, -0.2) is 30.3 Å². The molecule has 1 aliphatic heterocycles. The fourth-order valence-electron chi connectivity index (χ4n) is 4.03. The Labute approximate surface area is 119 Å². The normalized spacial score (nSPS) is 24.8. The molecular weight excluding hydrogens is 238 g/mol. The number of nitrogens with zero attached hydrogens (tertiary/aromatic N) is 1. The zero-order valence-electron chi connectivity index (χ0n) is 12.4. The fraction of sp³-hybridized carbons (Fsp3) is 1.00. The molecule has 106 valence electrons. The topological polar surface area (TPSA) is 3.24 Å². The lowest BCUT2D eigenvalue weighted by molar-refractivity contribution is 0.0719. The zero-order chi connectivity index (χ0) is 13.1. The van der Waals surface area contributed by atoms with Gasteiger partial charge in [-0.1, -0.05) is 26.7 Å². The van der Waals surface area contributed by atoms with Crippen LogP contribution in [0.15, 0.2) is 0 Å². The predicted molar refractivity (Wildman–Crippen MR) is 83.4 cm³/mol. The van der Waals surface area contributed by atoms with Gasteiger partial charge in [0.2, 0.25) is 0 Å². The van der Waals surface area contributed by atoms with Gasteiger partial charge in [-0.15, -0.1) is 0 Å². The van der Waals surface area contributed by atoms with Crippen molar-refractivity contribution in [3.63, 3.8) is 0 Å². The highest BCUT2D eigenvalue weighted by Crippen LogP contribution is 2.46. The molecule has 0 aromatic rings. The molecule has 0 N–H and O–H groups in total. The molecule has 0 amide bonds. The molecule has 0 radical (unpaired) electrons. The molecule has 2 fully saturated rings. The summed E-state index contributed by atoms with van der Waals surface area (Å²) in [7, 11) is 0. The Balaban J connectivity index is 1.85. The van der Waals surface area contributed by atoms with Crippen LogP contribution in [0, 0.1) is 10.8 Å². The average Bonchev–Trinajstić information content (AvgIpc) is 2.87. The molecule has 0 atom stereocenters. The summed E-state index contributed by atoms with van der Waals surface area (Å²) in [6.45, 7) is 8.63. The molecule has 0 bridgehead atoms. The third kappa shape index (κ3) is 3.07. The molecule has 1 saturated heterocycles. The van der Waals surface area contributed by atoms with Gasteiger partial charge in [0.15, 0.2) is 0 Å². The van der Waals surface area contributed by atoms with Crippen LogP contribution in [0.1, 0.15) is 65.2 Å². The van der Waals surface area contributed by atoms with E-state index < -0.39 is 0 Å². The molecule has 2 rings (SSSR count). The minimum Gasteiger partial charge on any atom is -0.303 e. The summed E-state index contributed by atoms with van der Waals surface area (Å²) in [4.78, 5) is 2.73. The van der Waals surface area contributed by atoms with Crippen molar-refractivity contribution in [3.05, 3.63) is 0 Å². The summed E-state index contributed by atoms with van der Waals surface area (Å²) in [6.07, 6.45) is 11.5. The van der Waals surface area contributed by atoms with Gasteiger partial charge in [0.05, 0.1) is 0 Å². The van der Waals surface area contributed by atoms with Gasteiger partial charge < -0.3 is 4.90 Å². The van der Waals surface area contributed by atoms with Crippen molar-refractivity contribution in [1.29, 1.82) is 0 Å². The Morgan fingerprint density at radius 2 is 1.56 bits per heavy atom. The summed E-state index contributed by atoms with van der Waals surface area (Å²) in [5.74, 6) is 1.04. The average molecular weight is 269 g/mol. The SMILES string of the molecule is CCC(CC)(CS)CN1CCC2(CCCC2)CC1. The Hall–Kier alpha value is 0.310. The minimum absolute atomic E-state index is 0.462. The van der Waals surface area contributed by atoms with E-state index in [9.17, 15) is 0 Å². The predicted octanol–water partition coefficient (Wildman–Crippen LogP) is 4.38. The van der Waals surface area contributed by atoms with E-state index in [1.807, 2.05) is 0 Å². The molecule has 0 aromatic heterocycles. The van der Waals surface area contributed by atoms with E-state index in [2.05, 4.69) is 31.4 Å². The van der Waals surface area contributed by atoms with Crippen molar-refractivity contribution in [2.24, 2.45) is 10.8 Å². The summed E-state index contributed by atoms with van der Waals surface area (Å²) in [6, 6.07) is 0. The molecule has 2 aliphatic rings. The number of hydrogen-bond acceptors (Lipinski definition) is 2. The first kappa shape index (κ1) is 14.7. The third-order valence-electron chi connectivity index (χ3n) is 5.98. The Bertz CT molecular complexity index is 236. The highest BCUT2D eigenvalue weighted by Gasteiger charge is 2.38. The highest BCUT2D eigenvalue weighted by atomic mass is 32.1. The smallest absolute Gasteiger partial charge is 0.00456 e. The van der Waals surface area contributed by atoms with Crippen LogP contribution in [0.2, 0.25) is 0 Å². The molecule has 0 aromatic carbocycles. The number of thiol groups is 1. The first-order valence-electron chi connectivity index (χ1n) is 8.01. The van der Waals surface area contributed by atoms with E-state index in [-0.39, 0.29) is 0 Å². The molecule has 1 saturated carbocycles. The van der Waals surface area contributed by atoms with E-state index in [0.717, 1.165) is 11.2 Å². The Morgan fingerprint density at radius 1 is 1.00 bits per heavy atom.